The van der Waals surface area contributed by atoms with E-state index in [4.69, 9.17) is 14.2 Å². The van der Waals surface area contributed by atoms with Gasteiger partial charge in [-0.25, -0.2) is 9.37 Å². The van der Waals surface area contributed by atoms with Crippen LogP contribution < -0.4 is 19.1 Å². The third-order valence-corrected chi connectivity index (χ3v) is 7.98. The van der Waals surface area contributed by atoms with Gasteiger partial charge in [-0.2, -0.15) is 0 Å². The lowest BCUT2D eigenvalue weighted by molar-refractivity contribution is -0.132. The van der Waals surface area contributed by atoms with Crippen LogP contribution >= 0.6 is 11.3 Å². The van der Waals surface area contributed by atoms with Crippen molar-refractivity contribution in [3.05, 3.63) is 83.2 Å². The van der Waals surface area contributed by atoms with Crippen molar-refractivity contribution in [2.45, 2.75) is 40.2 Å². The number of rotatable bonds is 11. The average molecular weight is 605 g/mol. The maximum Gasteiger partial charge on any atom is 0.301 e. The van der Waals surface area contributed by atoms with E-state index in [1.807, 2.05) is 13.8 Å². The number of hydrogen-bond acceptors (Lipinski definition) is 8. The third-order valence-electron chi connectivity index (χ3n) is 6.96. The van der Waals surface area contributed by atoms with E-state index >= 15 is 0 Å². The summed E-state index contributed by atoms with van der Waals surface area (Å²) in [5.41, 5.74) is 1.24. The number of amides is 1. The standard InChI is InChI=1S/C33H33FN2O6S/c1-5-40-23-11-7-20(8-12-23)30(37)28-29(21-9-14-25(26(17-21)41-6-2)42-16-15-19(3)4)36(32(39)31(28)38)33-35-24-13-10-22(34)18-27(24)43-33/h7-14,17-19,29,37H,5-6,15-16H2,1-4H3. The molecule has 1 unspecified atom stereocenters. The molecule has 4 aromatic rings. The quantitative estimate of drug-likeness (QED) is 0.109. The summed E-state index contributed by atoms with van der Waals surface area (Å²) in [5.74, 6) is -0.453. The minimum Gasteiger partial charge on any atom is -0.507 e. The number of halogens is 1. The predicted molar refractivity (Wildman–Crippen MR) is 165 cm³/mol. The number of ether oxygens (including phenoxy) is 3. The first-order valence-corrected chi connectivity index (χ1v) is 15.0. The Morgan fingerprint density at radius 3 is 2.42 bits per heavy atom. The molecule has 1 atom stereocenters. The number of benzene rings is 3. The van der Waals surface area contributed by atoms with Crippen molar-refractivity contribution >= 4 is 44.1 Å². The van der Waals surface area contributed by atoms with Crippen molar-refractivity contribution in [3.8, 4) is 17.2 Å². The van der Waals surface area contributed by atoms with E-state index < -0.39 is 23.5 Å². The molecule has 8 nitrogen and oxygen atoms in total. The van der Waals surface area contributed by atoms with Gasteiger partial charge in [-0.1, -0.05) is 31.3 Å². The zero-order valence-electron chi connectivity index (χ0n) is 24.4. The number of anilines is 1. The summed E-state index contributed by atoms with van der Waals surface area (Å²) >= 11 is 1.09. The van der Waals surface area contributed by atoms with Crippen molar-refractivity contribution in [3.63, 3.8) is 0 Å². The highest BCUT2D eigenvalue weighted by Crippen LogP contribution is 2.46. The van der Waals surface area contributed by atoms with Crippen LogP contribution in [0, 0.1) is 11.7 Å². The minimum atomic E-state index is -1.04. The number of carbonyl (C=O) groups excluding carboxylic acids is 2. The van der Waals surface area contributed by atoms with Gasteiger partial charge in [0.15, 0.2) is 16.6 Å². The van der Waals surface area contributed by atoms with Crippen LogP contribution in [0.4, 0.5) is 9.52 Å². The number of aliphatic hydroxyl groups is 1. The second kappa shape index (κ2) is 12.8. The number of ketones is 1. The van der Waals surface area contributed by atoms with Gasteiger partial charge in [-0.05, 0) is 86.3 Å². The lowest BCUT2D eigenvalue weighted by Crippen LogP contribution is -2.29. The smallest absolute Gasteiger partial charge is 0.301 e. The molecule has 1 aliphatic rings. The number of aromatic nitrogens is 1. The molecule has 0 spiro atoms. The Kier molecular flexibility index (Phi) is 8.96. The van der Waals surface area contributed by atoms with Crippen LogP contribution in [0.2, 0.25) is 0 Å². The maximum absolute atomic E-state index is 14.0. The second-order valence-electron chi connectivity index (χ2n) is 10.4. The SMILES string of the molecule is CCOc1ccc(C(O)=C2C(=O)C(=O)N(c3nc4ccc(F)cc4s3)C2c2ccc(OCCC(C)C)c(OCC)c2)cc1. The number of thiazole rings is 1. The van der Waals surface area contributed by atoms with Gasteiger partial charge in [-0.3, -0.25) is 14.5 Å². The maximum atomic E-state index is 14.0. The topological polar surface area (TPSA) is 98.2 Å². The first-order valence-electron chi connectivity index (χ1n) is 14.2. The Morgan fingerprint density at radius 1 is 0.977 bits per heavy atom. The molecule has 2 heterocycles. The van der Waals surface area contributed by atoms with Gasteiger partial charge in [-0.15, -0.1) is 0 Å². The van der Waals surface area contributed by atoms with Gasteiger partial charge in [0.05, 0.1) is 41.7 Å². The molecular formula is C33H33FN2O6S. The fourth-order valence-corrected chi connectivity index (χ4v) is 5.87. The van der Waals surface area contributed by atoms with Gasteiger partial charge in [0.25, 0.3) is 5.78 Å². The number of fused-ring (bicyclic) bond motifs is 1. The highest BCUT2D eigenvalue weighted by atomic mass is 32.1. The Hall–Kier alpha value is -4.44. The number of nitrogens with zero attached hydrogens (tertiary/aromatic N) is 2. The second-order valence-corrected chi connectivity index (χ2v) is 11.4. The molecule has 0 radical (unpaired) electrons. The first-order chi connectivity index (χ1) is 20.7. The average Bonchev–Trinajstić information content (AvgIpc) is 3.51. The largest absolute Gasteiger partial charge is 0.507 e. The molecule has 0 bridgehead atoms. The number of carbonyl (C=O) groups is 2. The summed E-state index contributed by atoms with van der Waals surface area (Å²) < 4.78 is 31.9. The lowest BCUT2D eigenvalue weighted by atomic mass is 9.95. The van der Waals surface area contributed by atoms with Crippen LogP contribution in [0.15, 0.2) is 66.2 Å². The molecule has 1 amide bonds. The summed E-state index contributed by atoms with van der Waals surface area (Å²) in [5, 5.41) is 11.7. The zero-order valence-corrected chi connectivity index (χ0v) is 25.2. The van der Waals surface area contributed by atoms with Gasteiger partial charge in [0, 0.05) is 5.56 Å². The molecule has 1 aromatic heterocycles. The lowest BCUT2D eigenvalue weighted by Gasteiger charge is -2.24. The van der Waals surface area contributed by atoms with Crippen LogP contribution in [0.25, 0.3) is 16.0 Å². The minimum absolute atomic E-state index is 0.101. The number of Topliss-reactive ketones (excluding diaryl/α,β-unsaturated/α-hetero) is 1. The molecule has 0 aliphatic carbocycles. The van der Waals surface area contributed by atoms with E-state index in [1.54, 1.807) is 42.5 Å². The molecular weight excluding hydrogens is 571 g/mol. The molecule has 1 saturated heterocycles. The van der Waals surface area contributed by atoms with Crippen molar-refractivity contribution in [2.24, 2.45) is 5.92 Å². The van der Waals surface area contributed by atoms with Crippen molar-refractivity contribution in [1.29, 1.82) is 0 Å². The Balaban J connectivity index is 1.65. The molecule has 224 valence electrons. The molecule has 1 N–H and O–H groups in total. The molecule has 1 aliphatic heterocycles. The first kappa shape index (κ1) is 30.0. The molecule has 0 saturated carbocycles. The summed E-state index contributed by atoms with van der Waals surface area (Å²) in [7, 11) is 0. The van der Waals surface area contributed by atoms with E-state index in [9.17, 15) is 19.1 Å². The van der Waals surface area contributed by atoms with Crippen LogP contribution in [0.1, 0.15) is 51.3 Å². The summed E-state index contributed by atoms with van der Waals surface area (Å²) in [4.78, 5) is 33.1. The van der Waals surface area contributed by atoms with E-state index in [0.717, 1.165) is 17.8 Å². The van der Waals surface area contributed by atoms with Gasteiger partial charge in [0.1, 0.15) is 17.3 Å². The highest BCUT2D eigenvalue weighted by molar-refractivity contribution is 7.22. The van der Waals surface area contributed by atoms with Crippen molar-refractivity contribution < 1.29 is 33.3 Å². The molecule has 3 aromatic carbocycles. The Labute approximate surface area is 253 Å². The summed E-state index contributed by atoms with van der Waals surface area (Å²) in [6.45, 7) is 9.27. The highest BCUT2D eigenvalue weighted by Gasteiger charge is 2.48. The van der Waals surface area contributed by atoms with Crippen molar-refractivity contribution in [2.75, 3.05) is 24.7 Å². The van der Waals surface area contributed by atoms with E-state index in [0.29, 0.717) is 64.3 Å². The normalized spacial score (nSPS) is 16.3. The van der Waals surface area contributed by atoms with E-state index in [1.165, 1.54) is 23.1 Å². The fraction of sp³-hybridized carbons (Fsp3) is 0.303. The summed E-state index contributed by atoms with van der Waals surface area (Å²) in [6, 6.07) is 14.9. The molecule has 1 fully saturated rings. The van der Waals surface area contributed by atoms with Gasteiger partial charge in [0.2, 0.25) is 0 Å². The molecule has 43 heavy (non-hydrogen) atoms. The van der Waals surface area contributed by atoms with E-state index in [2.05, 4.69) is 18.8 Å². The fourth-order valence-electron chi connectivity index (χ4n) is 4.85. The van der Waals surface area contributed by atoms with Crippen LogP contribution in [-0.2, 0) is 9.59 Å². The van der Waals surface area contributed by atoms with Crippen LogP contribution in [0.5, 0.6) is 17.2 Å². The van der Waals surface area contributed by atoms with Crippen molar-refractivity contribution in [1.82, 2.24) is 4.98 Å². The Bertz CT molecular complexity index is 1680. The van der Waals surface area contributed by atoms with Gasteiger partial charge >= 0.3 is 5.91 Å². The monoisotopic (exact) mass is 604 g/mol. The Morgan fingerprint density at radius 2 is 1.72 bits per heavy atom. The van der Waals surface area contributed by atoms with Crippen LogP contribution in [0.3, 0.4) is 0 Å². The molecule has 10 heteroatoms. The third kappa shape index (κ3) is 6.19. The number of hydrogen-bond donors (Lipinski definition) is 1. The number of aliphatic hydroxyl groups excluding tert-OH is 1. The molecule has 5 rings (SSSR count). The zero-order chi connectivity index (χ0) is 30.7. The van der Waals surface area contributed by atoms with E-state index in [-0.39, 0.29) is 16.5 Å². The predicted octanol–water partition coefficient (Wildman–Crippen LogP) is 7.28. The summed E-state index contributed by atoms with van der Waals surface area (Å²) in [6.07, 6.45) is 0.855. The van der Waals surface area contributed by atoms with Crippen LogP contribution in [-0.4, -0.2) is 41.6 Å². The van der Waals surface area contributed by atoms with Gasteiger partial charge < -0.3 is 19.3 Å².